The first-order chi connectivity index (χ1) is 9.15. The molecule has 0 aliphatic carbocycles. The van der Waals surface area contributed by atoms with E-state index >= 15 is 0 Å². The summed E-state index contributed by atoms with van der Waals surface area (Å²) in [6.07, 6.45) is 5.12. The van der Waals surface area contributed by atoms with Crippen LogP contribution in [-0.2, 0) is 0 Å². The van der Waals surface area contributed by atoms with Crippen molar-refractivity contribution >= 4 is 48.5 Å². The highest BCUT2D eigenvalue weighted by molar-refractivity contribution is 9.11. The summed E-state index contributed by atoms with van der Waals surface area (Å²) in [7, 11) is 0. The number of pyridine rings is 1. The first kappa shape index (κ1) is 12.6. The molecular formula is C14H8Br2N2O. The molecule has 0 fully saturated rings. The fourth-order valence-corrected chi connectivity index (χ4v) is 3.28. The normalized spacial score (nSPS) is 10.8. The molecule has 0 radical (unpaired) electrons. The van der Waals surface area contributed by atoms with E-state index in [1.165, 1.54) is 0 Å². The van der Waals surface area contributed by atoms with E-state index in [0.29, 0.717) is 11.1 Å². The number of carbonyl (C=O) groups is 1. The highest BCUT2D eigenvalue weighted by Crippen LogP contribution is 2.24. The van der Waals surface area contributed by atoms with Gasteiger partial charge >= 0.3 is 0 Å². The number of carbonyl (C=O) groups excluding carboxylic acids is 1. The Kier molecular flexibility index (Phi) is 3.24. The number of hydrogen-bond donors (Lipinski definition) is 1. The Labute approximate surface area is 126 Å². The van der Waals surface area contributed by atoms with Crippen LogP contribution in [0.25, 0.3) is 10.9 Å². The van der Waals surface area contributed by atoms with Crippen molar-refractivity contribution in [2.75, 3.05) is 0 Å². The summed E-state index contributed by atoms with van der Waals surface area (Å²) in [4.78, 5) is 19.7. The SMILES string of the molecule is O=C(c1cc(Br)cc(Br)c1)c1c[nH]c2ccncc12. The number of H-pyrrole nitrogens is 1. The molecule has 3 aromatic rings. The average molecular weight is 380 g/mol. The lowest BCUT2D eigenvalue weighted by molar-refractivity contribution is 0.104. The number of rotatable bonds is 2. The van der Waals surface area contributed by atoms with Crippen molar-refractivity contribution in [3.63, 3.8) is 0 Å². The molecule has 94 valence electrons. The Morgan fingerprint density at radius 3 is 2.63 bits per heavy atom. The molecule has 3 nitrogen and oxygen atoms in total. The first-order valence-corrected chi connectivity index (χ1v) is 7.15. The van der Waals surface area contributed by atoms with Crippen LogP contribution in [0.15, 0.2) is 51.8 Å². The van der Waals surface area contributed by atoms with Crippen LogP contribution in [0.2, 0.25) is 0 Å². The summed E-state index contributed by atoms with van der Waals surface area (Å²) in [5.41, 5.74) is 2.17. The van der Waals surface area contributed by atoms with Crippen LogP contribution in [-0.4, -0.2) is 15.8 Å². The van der Waals surface area contributed by atoms with E-state index < -0.39 is 0 Å². The molecule has 0 saturated heterocycles. The predicted molar refractivity (Wildman–Crippen MR) is 81.4 cm³/mol. The molecule has 19 heavy (non-hydrogen) atoms. The minimum Gasteiger partial charge on any atom is -0.360 e. The van der Waals surface area contributed by atoms with E-state index in [9.17, 15) is 4.79 Å². The smallest absolute Gasteiger partial charge is 0.195 e. The number of aromatic amines is 1. The maximum absolute atomic E-state index is 12.5. The van der Waals surface area contributed by atoms with Crippen molar-refractivity contribution in [2.24, 2.45) is 0 Å². The Hall–Kier alpha value is -1.46. The van der Waals surface area contributed by atoms with Crippen molar-refractivity contribution < 1.29 is 4.79 Å². The minimum absolute atomic E-state index is 0.0266. The lowest BCUT2D eigenvalue weighted by Gasteiger charge is -2.02. The Morgan fingerprint density at radius 1 is 1.16 bits per heavy atom. The predicted octanol–water partition coefficient (Wildman–Crippen LogP) is 4.32. The quantitative estimate of drug-likeness (QED) is 0.674. The molecule has 2 heterocycles. The van der Waals surface area contributed by atoms with Crippen LogP contribution in [0.5, 0.6) is 0 Å². The van der Waals surface area contributed by atoms with Gasteiger partial charge in [0.05, 0.1) is 0 Å². The van der Waals surface area contributed by atoms with Crippen LogP contribution in [0.1, 0.15) is 15.9 Å². The zero-order valence-electron chi connectivity index (χ0n) is 9.65. The van der Waals surface area contributed by atoms with Gasteiger partial charge in [-0.25, -0.2) is 0 Å². The van der Waals surface area contributed by atoms with Crippen molar-refractivity contribution in [2.45, 2.75) is 0 Å². The first-order valence-electron chi connectivity index (χ1n) is 5.57. The minimum atomic E-state index is -0.0266. The number of halogens is 2. The Morgan fingerprint density at radius 2 is 1.89 bits per heavy atom. The zero-order valence-corrected chi connectivity index (χ0v) is 12.8. The van der Waals surface area contributed by atoms with Gasteiger partial charge in [-0.05, 0) is 24.3 Å². The molecule has 5 heteroatoms. The summed E-state index contributed by atoms with van der Waals surface area (Å²) in [6, 6.07) is 7.36. The summed E-state index contributed by atoms with van der Waals surface area (Å²) in [6.45, 7) is 0. The molecule has 1 aromatic carbocycles. The van der Waals surface area contributed by atoms with E-state index in [0.717, 1.165) is 19.8 Å². The van der Waals surface area contributed by atoms with Crippen molar-refractivity contribution in [3.05, 3.63) is 62.9 Å². The van der Waals surface area contributed by atoms with Gasteiger partial charge in [0.25, 0.3) is 0 Å². The average Bonchev–Trinajstić information content (AvgIpc) is 2.80. The number of nitrogens with one attached hydrogen (secondary N) is 1. The molecule has 0 aliphatic rings. The van der Waals surface area contributed by atoms with Crippen molar-refractivity contribution in [1.82, 2.24) is 9.97 Å². The molecule has 0 unspecified atom stereocenters. The number of fused-ring (bicyclic) bond motifs is 1. The second-order valence-corrected chi connectivity index (χ2v) is 5.94. The number of ketones is 1. The summed E-state index contributed by atoms with van der Waals surface area (Å²) in [5.74, 6) is -0.0266. The van der Waals surface area contributed by atoms with Gasteiger partial charge in [-0.1, -0.05) is 31.9 Å². The maximum Gasteiger partial charge on any atom is 0.195 e. The molecule has 0 bridgehead atoms. The number of aromatic nitrogens is 2. The highest BCUT2D eigenvalue weighted by Gasteiger charge is 2.15. The fourth-order valence-electron chi connectivity index (χ4n) is 1.99. The van der Waals surface area contributed by atoms with E-state index in [1.54, 1.807) is 18.6 Å². The van der Waals surface area contributed by atoms with Gasteiger partial charge in [-0.2, -0.15) is 0 Å². The van der Waals surface area contributed by atoms with Gasteiger partial charge in [-0.3, -0.25) is 9.78 Å². The lowest BCUT2D eigenvalue weighted by Crippen LogP contribution is -2.00. The van der Waals surface area contributed by atoms with Gasteiger partial charge < -0.3 is 4.98 Å². The number of nitrogens with zero attached hydrogens (tertiary/aromatic N) is 1. The van der Waals surface area contributed by atoms with Crippen LogP contribution in [0.4, 0.5) is 0 Å². The maximum atomic E-state index is 12.5. The molecule has 0 spiro atoms. The van der Waals surface area contributed by atoms with Crippen molar-refractivity contribution in [1.29, 1.82) is 0 Å². The molecular weight excluding hydrogens is 372 g/mol. The molecule has 0 amide bonds. The largest absolute Gasteiger partial charge is 0.360 e. The summed E-state index contributed by atoms with van der Waals surface area (Å²) < 4.78 is 1.73. The van der Waals surface area contributed by atoms with Crippen LogP contribution in [0.3, 0.4) is 0 Å². The molecule has 2 aromatic heterocycles. The number of benzene rings is 1. The molecule has 1 N–H and O–H groups in total. The third-order valence-electron chi connectivity index (χ3n) is 2.85. The van der Waals surface area contributed by atoms with Gasteiger partial charge in [0.1, 0.15) is 0 Å². The Bertz CT molecular complexity index is 760. The van der Waals surface area contributed by atoms with Crippen LogP contribution < -0.4 is 0 Å². The Balaban J connectivity index is 2.13. The van der Waals surface area contributed by atoms with E-state index in [4.69, 9.17) is 0 Å². The fraction of sp³-hybridized carbons (Fsp3) is 0. The zero-order chi connectivity index (χ0) is 13.4. The molecule has 3 rings (SSSR count). The molecule has 0 saturated carbocycles. The highest BCUT2D eigenvalue weighted by atomic mass is 79.9. The van der Waals surface area contributed by atoms with Gasteiger partial charge in [0.2, 0.25) is 0 Å². The van der Waals surface area contributed by atoms with Gasteiger partial charge in [0, 0.05) is 49.6 Å². The molecule has 0 aliphatic heterocycles. The van der Waals surface area contributed by atoms with Gasteiger partial charge in [-0.15, -0.1) is 0 Å². The van der Waals surface area contributed by atoms with Gasteiger partial charge in [0.15, 0.2) is 5.78 Å². The van der Waals surface area contributed by atoms with Crippen LogP contribution in [0, 0.1) is 0 Å². The third kappa shape index (κ3) is 2.35. The third-order valence-corrected chi connectivity index (χ3v) is 3.77. The van der Waals surface area contributed by atoms with Crippen LogP contribution >= 0.6 is 31.9 Å². The monoisotopic (exact) mass is 378 g/mol. The lowest BCUT2D eigenvalue weighted by atomic mass is 10.0. The van der Waals surface area contributed by atoms with E-state index in [2.05, 4.69) is 41.8 Å². The van der Waals surface area contributed by atoms with E-state index in [-0.39, 0.29) is 5.78 Å². The van der Waals surface area contributed by atoms with E-state index in [1.807, 2.05) is 24.3 Å². The molecule has 0 atom stereocenters. The standard InChI is InChI=1S/C14H8Br2N2O/c15-9-3-8(4-10(16)5-9)14(19)12-7-18-13-1-2-17-6-11(12)13/h1-7,18H. The topological polar surface area (TPSA) is 45.8 Å². The second-order valence-electron chi connectivity index (χ2n) is 4.11. The second kappa shape index (κ2) is 4.90. The summed E-state index contributed by atoms with van der Waals surface area (Å²) in [5, 5.41) is 0.837. The van der Waals surface area contributed by atoms with Crippen molar-refractivity contribution in [3.8, 4) is 0 Å². The summed E-state index contributed by atoms with van der Waals surface area (Å²) >= 11 is 6.78. The number of hydrogen-bond acceptors (Lipinski definition) is 2.